The van der Waals surface area contributed by atoms with Crippen LogP contribution in [-0.2, 0) is 4.79 Å². The van der Waals surface area contributed by atoms with Gasteiger partial charge < -0.3 is 15.5 Å². The molecule has 0 saturated carbocycles. The fourth-order valence-electron chi connectivity index (χ4n) is 2.75. The predicted octanol–water partition coefficient (Wildman–Crippen LogP) is 3.58. The number of amides is 3. The molecule has 24 heavy (non-hydrogen) atoms. The highest BCUT2D eigenvalue weighted by atomic mass is 35.5. The lowest BCUT2D eigenvalue weighted by atomic mass is 10.2. The average Bonchev–Trinajstić information content (AvgIpc) is 2.93. The van der Waals surface area contributed by atoms with Crippen LogP contribution >= 0.6 is 11.6 Å². The fraction of sp³-hybridized carbons (Fsp3) is 0.222. The van der Waals surface area contributed by atoms with Crippen LogP contribution in [0.3, 0.4) is 0 Å². The van der Waals surface area contributed by atoms with Gasteiger partial charge in [-0.2, -0.15) is 0 Å². The van der Waals surface area contributed by atoms with E-state index in [0.717, 1.165) is 11.3 Å². The van der Waals surface area contributed by atoms with Gasteiger partial charge in [-0.05, 0) is 36.8 Å². The zero-order valence-corrected chi connectivity index (χ0v) is 14.0. The van der Waals surface area contributed by atoms with Gasteiger partial charge in [0, 0.05) is 29.4 Å². The second kappa shape index (κ2) is 6.93. The van der Waals surface area contributed by atoms with Gasteiger partial charge in [-0.15, -0.1) is 0 Å². The molecule has 3 amide bonds. The maximum atomic E-state index is 12.2. The lowest BCUT2D eigenvalue weighted by Gasteiger charge is -2.17. The van der Waals surface area contributed by atoms with Gasteiger partial charge in [0.25, 0.3) is 0 Å². The van der Waals surface area contributed by atoms with E-state index >= 15 is 0 Å². The third-order valence-electron chi connectivity index (χ3n) is 4.04. The number of hydrogen-bond acceptors (Lipinski definition) is 2. The Bertz CT molecular complexity index is 764. The van der Waals surface area contributed by atoms with Crippen molar-refractivity contribution in [2.24, 2.45) is 0 Å². The van der Waals surface area contributed by atoms with Crippen molar-refractivity contribution < 1.29 is 9.59 Å². The second-order valence-corrected chi connectivity index (χ2v) is 6.16. The molecule has 6 heteroatoms. The Kier molecular flexibility index (Phi) is 4.71. The molecule has 0 aliphatic carbocycles. The number of urea groups is 1. The molecule has 1 aliphatic rings. The summed E-state index contributed by atoms with van der Waals surface area (Å²) in [6, 6.07) is 14.2. The van der Waals surface area contributed by atoms with E-state index in [1.807, 2.05) is 37.3 Å². The SMILES string of the molecule is Cc1c(Cl)cccc1NC(=O)N[C@@H]1CC(=O)N(c2ccccc2)C1. The molecule has 2 aromatic carbocycles. The van der Waals surface area contributed by atoms with Crippen molar-refractivity contribution in [2.45, 2.75) is 19.4 Å². The maximum absolute atomic E-state index is 12.2. The molecule has 5 nitrogen and oxygen atoms in total. The second-order valence-electron chi connectivity index (χ2n) is 5.75. The number of nitrogens with zero attached hydrogens (tertiary/aromatic N) is 1. The molecule has 1 heterocycles. The van der Waals surface area contributed by atoms with E-state index < -0.39 is 0 Å². The Morgan fingerprint density at radius 3 is 2.67 bits per heavy atom. The van der Waals surface area contributed by atoms with E-state index in [0.29, 0.717) is 17.3 Å². The topological polar surface area (TPSA) is 61.4 Å². The van der Waals surface area contributed by atoms with E-state index in [-0.39, 0.29) is 24.4 Å². The van der Waals surface area contributed by atoms with Crippen LogP contribution in [0, 0.1) is 6.92 Å². The summed E-state index contributed by atoms with van der Waals surface area (Å²) >= 11 is 6.05. The smallest absolute Gasteiger partial charge is 0.319 e. The maximum Gasteiger partial charge on any atom is 0.319 e. The molecule has 0 aromatic heterocycles. The Hall–Kier alpha value is -2.53. The molecule has 1 fully saturated rings. The number of rotatable bonds is 3. The summed E-state index contributed by atoms with van der Waals surface area (Å²) in [6.45, 7) is 2.30. The quantitative estimate of drug-likeness (QED) is 0.894. The van der Waals surface area contributed by atoms with Crippen LogP contribution < -0.4 is 15.5 Å². The van der Waals surface area contributed by atoms with E-state index in [1.54, 1.807) is 23.1 Å². The van der Waals surface area contributed by atoms with E-state index in [9.17, 15) is 9.59 Å². The largest absolute Gasteiger partial charge is 0.333 e. The number of hydrogen-bond donors (Lipinski definition) is 2. The minimum Gasteiger partial charge on any atom is -0.333 e. The van der Waals surface area contributed by atoms with Crippen molar-refractivity contribution in [3.05, 3.63) is 59.1 Å². The van der Waals surface area contributed by atoms with E-state index in [4.69, 9.17) is 11.6 Å². The van der Waals surface area contributed by atoms with Gasteiger partial charge in [0.15, 0.2) is 0 Å². The summed E-state index contributed by atoms with van der Waals surface area (Å²) in [5, 5.41) is 6.23. The molecule has 2 N–H and O–H groups in total. The minimum atomic E-state index is -0.340. The zero-order chi connectivity index (χ0) is 17.1. The van der Waals surface area contributed by atoms with Gasteiger partial charge in [-0.3, -0.25) is 4.79 Å². The molecular formula is C18H18ClN3O2. The van der Waals surface area contributed by atoms with Gasteiger partial charge in [0.05, 0.1) is 6.04 Å². The van der Waals surface area contributed by atoms with Crippen LogP contribution in [0.1, 0.15) is 12.0 Å². The Morgan fingerprint density at radius 2 is 1.92 bits per heavy atom. The molecule has 0 unspecified atom stereocenters. The summed E-state index contributed by atoms with van der Waals surface area (Å²) < 4.78 is 0. The van der Waals surface area contributed by atoms with Crippen molar-refractivity contribution >= 4 is 34.9 Å². The first kappa shape index (κ1) is 16.3. The first-order valence-electron chi connectivity index (χ1n) is 7.72. The fourth-order valence-corrected chi connectivity index (χ4v) is 2.92. The van der Waals surface area contributed by atoms with Crippen LogP contribution in [-0.4, -0.2) is 24.5 Å². The van der Waals surface area contributed by atoms with Crippen molar-refractivity contribution in [2.75, 3.05) is 16.8 Å². The molecular weight excluding hydrogens is 326 g/mol. The number of benzene rings is 2. The highest BCUT2D eigenvalue weighted by Gasteiger charge is 2.31. The van der Waals surface area contributed by atoms with E-state index in [1.165, 1.54) is 0 Å². The van der Waals surface area contributed by atoms with Gasteiger partial charge in [-0.25, -0.2) is 4.79 Å². The molecule has 0 spiro atoms. The molecule has 0 bridgehead atoms. The minimum absolute atomic E-state index is 0.00503. The number of halogens is 1. The molecule has 1 atom stereocenters. The first-order valence-corrected chi connectivity index (χ1v) is 8.10. The predicted molar refractivity (Wildman–Crippen MR) is 95.5 cm³/mol. The highest BCUT2D eigenvalue weighted by Crippen LogP contribution is 2.23. The molecule has 2 aromatic rings. The first-order chi connectivity index (χ1) is 11.5. The molecule has 1 aliphatic heterocycles. The number of nitrogens with one attached hydrogen (secondary N) is 2. The Morgan fingerprint density at radius 1 is 1.17 bits per heavy atom. The van der Waals surface area contributed by atoms with Crippen molar-refractivity contribution in [1.29, 1.82) is 0 Å². The summed E-state index contributed by atoms with van der Waals surface area (Å²) in [6.07, 6.45) is 0.289. The van der Waals surface area contributed by atoms with Crippen LogP contribution in [0.5, 0.6) is 0 Å². The molecule has 1 saturated heterocycles. The average molecular weight is 344 g/mol. The lowest BCUT2D eigenvalue weighted by Crippen LogP contribution is -2.39. The van der Waals surface area contributed by atoms with E-state index in [2.05, 4.69) is 10.6 Å². The molecule has 124 valence electrons. The number of carbonyl (C=O) groups excluding carboxylic acids is 2. The summed E-state index contributed by atoms with van der Waals surface area (Å²) in [5.74, 6) is 0.00503. The lowest BCUT2D eigenvalue weighted by molar-refractivity contribution is -0.117. The zero-order valence-electron chi connectivity index (χ0n) is 13.3. The van der Waals surface area contributed by atoms with Crippen LogP contribution in [0.25, 0.3) is 0 Å². The monoisotopic (exact) mass is 343 g/mol. The summed E-state index contributed by atoms with van der Waals surface area (Å²) in [7, 11) is 0. The molecule has 3 rings (SSSR count). The summed E-state index contributed by atoms with van der Waals surface area (Å²) in [5.41, 5.74) is 2.31. The van der Waals surface area contributed by atoms with Crippen LogP contribution in [0.4, 0.5) is 16.2 Å². The van der Waals surface area contributed by atoms with Gasteiger partial charge in [0.2, 0.25) is 5.91 Å². The Labute approximate surface area is 145 Å². The van der Waals surface area contributed by atoms with Crippen LogP contribution in [0.2, 0.25) is 5.02 Å². The number of para-hydroxylation sites is 1. The number of carbonyl (C=O) groups is 2. The van der Waals surface area contributed by atoms with Gasteiger partial charge in [0.1, 0.15) is 0 Å². The third kappa shape index (κ3) is 3.51. The van der Waals surface area contributed by atoms with Crippen molar-refractivity contribution in [3.8, 4) is 0 Å². The van der Waals surface area contributed by atoms with Gasteiger partial charge in [-0.1, -0.05) is 35.9 Å². The van der Waals surface area contributed by atoms with Gasteiger partial charge >= 0.3 is 6.03 Å². The standard InChI is InChI=1S/C18H18ClN3O2/c1-12-15(19)8-5-9-16(12)21-18(24)20-13-10-17(23)22(11-13)14-6-3-2-4-7-14/h2-9,13H,10-11H2,1H3,(H2,20,21,24)/t13-/m1/s1. The summed E-state index contributed by atoms with van der Waals surface area (Å²) in [4.78, 5) is 26.0. The van der Waals surface area contributed by atoms with Crippen LogP contribution in [0.15, 0.2) is 48.5 Å². The molecule has 0 radical (unpaired) electrons. The van der Waals surface area contributed by atoms with Crippen molar-refractivity contribution in [3.63, 3.8) is 0 Å². The Balaban J connectivity index is 1.62. The highest BCUT2D eigenvalue weighted by molar-refractivity contribution is 6.31. The number of anilines is 2. The normalized spacial score (nSPS) is 17.0. The third-order valence-corrected chi connectivity index (χ3v) is 4.45. The van der Waals surface area contributed by atoms with Crippen molar-refractivity contribution in [1.82, 2.24) is 5.32 Å².